The molecule has 2 N–H and O–H groups in total. The van der Waals surface area contributed by atoms with E-state index in [9.17, 15) is 9.90 Å². The topological polar surface area (TPSA) is 108 Å². The van der Waals surface area contributed by atoms with Gasteiger partial charge in [0.05, 0.1) is 37.9 Å². The number of fused-ring (bicyclic) bond motifs is 3. The van der Waals surface area contributed by atoms with E-state index in [1.54, 1.807) is 6.33 Å². The summed E-state index contributed by atoms with van der Waals surface area (Å²) in [6, 6.07) is -0.108. The Morgan fingerprint density at radius 1 is 1.08 bits per heavy atom. The Morgan fingerprint density at radius 3 is 2.45 bits per heavy atom. The molecule has 6 aliphatic rings. The quantitative estimate of drug-likeness (QED) is 0.274. The maximum absolute atomic E-state index is 13.5. The van der Waals surface area contributed by atoms with Crippen LogP contribution in [-0.2, 0) is 19.0 Å². The molecule has 0 radical (unpaired) electrons. The molecule has 1 aromatic heterocycles. The first-order valence-electron chi connectivity index (χ1n) is 19.1. The molecule has 2 saturated heterocycles. The molecule has 274 valence electrons. The molecule has 10 heteroatoms. The zero-order valence-corrected chi connectivity index (χ0v) is 31.9. The summed E-state index contributed by atoms with van der Waals surface area (Å²) in [5, 5.41) is 19.8. The Balaban J connectivity index is 1.30. The first-order valence-corrected chi connectivity index (χ1v) is 19.4. The van der Waals surface area contributed by atoms with E-state index in [0.717, 1.165) is 64.6 Å². The number of carboxylic acid groups (broad SMARTS) is 1. The summed E-state index contributed by atoms with van der Waals surface area (Å²) in [6.07, 6.45) is 11.4. The van der Waals surface area contributed by atoms with Crippen LogP contribution >= 0.6 is 11.6 Å². The summed E-state index contributed by atoms with van der Waals surface area (Å²) < 4.78 is 21.6. The Kier molecular flexibility index (Phi) is 8.99. The van der Waals surface area contributed by atoms with Gasteiger partial charge in [0.2, 0.25) is 5.28 Å². The minimum Gasteiger partial charge on any atom is -0.481 e. The maximum Gasteiger partial charge on any atom is 0.307 e. The zero-order valence-electron chi connectivity index (χ0n) is 31.2. The standard InChI is InChI=1S/C39H61ClN4O5/c1-24(2)25(3)34(4)13-14-36(6)26-9-10-29-35(5)20-48-22-39(29,27(26)11-12-37(36,7)30(34)32(45)46)19-28(44-33(40)42-23-43-44)31(35)49-21-38(41-8)15-17-47-18-16-38/h11,23-26,28-31,41H,9-10,12-22H2,1-8H3,(H,45,46)/t25-,26+,28-,29+,30-,31+,34-,35?,36-,37+,39+/m1/s1. The van der Waals surface area contributed by atoms with Crippen LogP contribution in [-0.4, -0.2) is 77.6 Å². The van der Waals surface area contributed by atoms with Gasteiger partial charge in [-0.25, -0.2) is 9.67 Å². The molecule has 0 aromatic carbocycles. The van der Waals surface area contributed by atoms with E-state index in [4.69, 9.17) is 30.9 Å². The fraction of sp³-hybridized carbons (Fsp3) is 0.872. The minimum atomic E-state index is -0.622. The van der Waals surface area contributed by atoms with Crippen LogP contribution in [0.2, 0.25) is 5.28 Å². The SMILES string of the molecule is CNC1(CO[C@H]2[C@H](n3ncnc3Cl)C[C@@]34COCC2(C)[C@@H]3CC[C@H]2C4=CC[C@@]3(C)[C@H](C(=O)O)[C@@](C)([C@H](C)C(C)C)CC[C@]23C)CCOCC1. The zero-order chi connectivity index (χ0) is 35.2. The van der Waals surface area contributed by atoms with Crippen LogP contribution in [0.25, 0.3) is 0 Å². The lowest BCUT2D eigenvalue weighted by atomic mass is 9.34. The van der Waals surface area contributed by atoms with Gasteiger partial charge in [0, 0.05) is 29.6 Å². The first kappa shape index (κ1) is 35.9. The monoisotopic (exact) mass is 700 g/mol. The van der Waals surface area contributed by atoms with E-state index < -0.39 is 11.9 Å². The summed E-state index contributed by atoms with van der Waals surface area (Å²) >= 11 is 6.81. The van der Waals surface area contributed by atoms with Gasteiger partial charge >= 0.3 is 5.97 Å². The van der Waals surface area contributed by atoms with Crippen molar-refractivity contribution in [3.05, 3.63) is 23.3 Å². The van der Waals surface area contributed by atoms with Gasteiger partial charge in [-0.15, -0.1) is 0 Å². The molecule has 3 saturated carbocycles. The molecule has 9 nitrogen and oxygen atoms in total. The molecular weight excluding hydrogens is 640 g/mol. The van der Waals surface area contributed by atoms with Crippen molar-refractivity contribution in [2.75, 3.05) is 40.1 Å². The number of halogens is 1. The second-order valence-electron chi connectivity index (χ2n) is 18.5. The lowest BCUT2D eigenvalue weighted by Gasteiger charge is -2.71. The van der Waals surface area contributed by atoms with Gasteiger partial charge in [0.15, 0.2) is 0 Å². The Labute approximate surface area is 298 Å². The summed E-state index contributed by atoms with van der Waals surface area (Å²) in [5.74, 6) is 0.379. The molecule has 7 rings (SSSR count). The van der Waals surface area contributed by atoms with Crippen molar-refractivity contribution in [2.24, 2.45) is 56.7 Å². The van der Waals surface area contributed by atoms with Crippen LogP contribution in [0.3, 0.4) is 0 Å². The van der Waals surface area contributed by atoms with Gasteiger partial charge in [-0.1, -0.05) is 60.1 Å². The molecule has 4 aliphatic carbocycles. The lowest BCUT2D eigenvalue weighted by molar-refractivity contribution is -0.253. The van der Waals surface area contributed by atoms with E-state index in [-0.39, 0.29) is 44.8 Å². The molecule has 2 aliphatic heterocycles. The van der Waals surface area contributed by atoms with E-state index >= 15 is 0 Å². The predicted molar refractivity (Wildman–Crippen MR) is 189 cm³/mol. The molecule has 1 aromatic rings. The Bertz CT molecular complexity index is 1460. The van der Waals surface area contributed by atoms with Gasteiger partial charge in [0.25, 0.3) is 0 Å². The number of carboxylic acids is 1. The average Bonchev–Trinajstić information content (AvgIpc) is 3.49. The number of carbonyl (C=O) groups is 1. The van der Waals surface area contributed by atoms with Gasteiger partial charge < -0.3 is 24.6 Å². The number of nitrogens with zero attached hydrogens (tertiary/aromatic N) is 3. The third-order valence-electron chi connectivity index (χ3n) is 16.5. The molecule has 2 bridgehead atoms. The second kappa shape index (κ2) is 12.3. The lowest BCUT2D eigenvalue weighted by Crippen LogP contribution is -2.69. The van der Waals surface area contributed by atoms with E-state index in [1.165, 1.54) is 5.57 Å². The summed E-state index contributed by atoms with van der Waals surface area (Å²) in [5.41, 5.74) is 0.138. The maximum atomic E-state index is 13.5. The van der Waals surface area contributed by atoms with Gasteiger partial charge in [-0.3, -0.25) is 4.79 Å². The number of hydrogen-bond donors (Lipinski definition) is 2. The number of ether oxygens (including phenoxy) is 3. The van der Waals surface area contributed by atoms with Crippen LogP contribution in [0.4, 0.5) is 0 Å². The van der Waals surface area contributed by atoms with Crippen LogP contribution in [0.5, 0.6) is 0 Å². The summed E-state index contributed by atoms with van der Waals surface area (Å²) in [7, 11) is 2.04. The van der Waals surface area contributed by atoms with E-state index in [0.29, 0.717) is 48.8 Å². The molecule has 5 fully saturated rings. The third-order valence-corrected chi connectivity index (χ3v) is 16.7. The average molecular weight is 701 g/mol. The van der Waals surface area contributed by atoms with Crippen LogP contribution in [0.1, 0.15) is 106 Å². The number of aromatic nitrogens is 3. The molecule has 0 amide bonds. The van der Waals surface area contributed by atoms with Gasteiger partial charge in [-0.05, 0) is 110 Å². The van der Waals surface area contributed by atoms with E-state index in [2.05, 4.69) is 64.8 Å². The fourth-order valence-electron chi connectivity index (χ4n) is 13.1. The molecule has 3 heterocycles. The highest BCUT2D eigenvalue weighted by Crippen LogP contribution is 2.75. The molecule has 11 atom stereocenters. The summed E-state index contributed by atoms with van der Waals surface area (Å²) in [4.78, 5) is 17.8. The molecule has 0 spiro atoms. The smallest absolute Gasteiger partial charge is 0.307 e. The predicted octanol–water partition coefficient (Wildman–Crippen LogP) is 7.21. The first-order chi connectivity index (χ1) is 23.1. The van der Waals surface area contributed by atoms with Crippen molar-refractivity contribution in [2.45, 2.75) is 118 Å². The van der Waals surface area contributed by atoms with Crippen molar-refractivity contribution < 1.29 is 24.1 Å². The van der Waals surface area contributed by atoms with Crippen LogP contribution in [0.15, 0.2) is 18.0 Å². The normalized spacial score (nSPS) is 45.1. The van der Waals surface area contributed by atoms with Crippen LogP contribution in [0, 0.1) is 56.7 Å². The number of hydrogen-bond acceptors (Lipinski definition) is 7. The minimum absolute atomic E-state index is 0.108. The van der Waals surface area contributed by atoms with Crippen molar-refractivity contribution in [1.82, 2.24) is 20.1 Å². The van der Waals surface area contributed by atoms with Crippen LogP contribution < -0.4 is 5.32 Å². The van der Waals surface area contributed by atoms with Crippen molar-refractivity contribution in [3.8, 4) is 0 Å². The summed E-state index contributed by atoms with van der Waals surface area (Å²) in [6.45, 7) is 19.6. The highest BCUT2D eigenvalue weighted by atomic mass is 35.5. The van der Waals surface area contributed by atoms with E-state index in [1.807, 2.05) is 11.7 Å². The molecule has 49 heavy (non-hydrogen) atoms. The van der Waals surface area contributed by atoms with Crippen molar-refractivity contribution >= 4 is 17.6 Å². The number of nitrogens with one attached hydrogen (secondary N) is 1. The van der Waals surface area contributed by atoms with Crippen molar-refractivity contribution in [1.29, 1.82) is 0 Å². The van der Waals surface area contributed by atoms with Crippen molar-refractivity contribution in [3.63, 3.8) is 0 Å². The number of aliphatic carboxylic acids is 1. The van der Waals surface area contributed by atoms with Gasteiger partial charge in [-0.2, -0.15) is 5.10 Å². The highest BCUT2D eigenvalue weighted by molar-refractivity contribution is 6.28. The third kappa shape index (κ3) is 5.01. The van der Waals surface area contributed by atoms with Gasteiger partial charge in [0.1, 0.15) is 6.33 Å². The molecular formula is C39H61ClN4O5. The largest absolute Gasteiger partial charge is 0.481 e. The number of rotatable bonds is 8. The Hall–Kier alpha value is -1.52. The number of allylic oxidation sites excluding steroid dienone is 1. The molecule has 1 unspecified atom stereocenters. The fourth-order valence-corrected chi connectivity index (χ4v) is 13.3. The number of likely N-dealkylation sites (N-methyl/N-ethyl adjacent to an activating group) is 1. The second-order valence-corrected chi connectivity index (χ2v) is 18.8. The highest BCUT2D eigenvalue weighted by Gasteiger charge is 2.72. The Morgan fingerprint density at radius 2 is 1.82 bits per heavy atom.